The number of fused-ring (bicyclic) bond motifs is 1. The van der Waals surface area contributed by atoms with Crippen LogP contribution in [0.1, 0.15) is 11.1 Å². The summed E-state index contributed by atoms with van der Waals surface area (Å²) in [5, 5.41) is 8.99. The predicted octanol–water partition coefficient (Wildman–Crippen LogP) is 3.61. The number of nitrogens with one attached hydrogen (secondary N) is 3. The van der Waals surface area contributed by atoms with Gasteiger partial charge in [-0.05, 0) is 54.8 Å². The summed E-state index contributed by atoms with van der Waals surface area (Å²) in [7, 11) is 0. The average molecular weight is 267 g/mol. The van der Waals surface area contributed by atoms with Crippen molar-refractivity contribution in [3.05, 3.63) is 53.6 Å². The first-order valence-corrected chi connectivity index (χ1v) is 6.72. The van der Waals surface area contributed by atoms with E-state index in [0.717, 1.165) is 35.6 Å². The molecular formula is C16H17N3O. The Morgan fingerprint density at radius 2 is 1.90 bits per heavy atom. The molecule has 0 spiro atoms. The molecule has 0 aliphatic carbocycles. The van der Waals surface area contributed by atoms with E-state index in [2.05, 4.69) is 16.0 Å². The van der Waals surface area contributed by atoms with E-state index in [1.54, 1.807) is 0 Å². The second kappa shape index (κ2) is 5.25. The first-order chi connectivity index (χ1) is 9.70. The van der Waals surface area contributed by atoms with E-state index >= 15 is 0 Å². The molecule has 2 amide bonds. The Labute approximate surface area is 118 Å². The van der Waals surface area contributed by atoms with Crippen LogP contribution in [0.3, 0.4) is 0 Å². The predicted molar refractivity (Wildman–Crippen MR) is 82.5 cm³/mol. The van der Waals surface area contributed by atoms with Crippen molar-refractivity contribution in [2.24, 2.45) is 0 Å². The normalized spacial score (nSPS) is 12.4. The van der Waals surface area contributed by atoms with Crippen molar-refractivity contribution in [2.75, 3.05) is 22.5 Å². The first-order valence-electron chi connectivity index (χ1n) is 6.72. The summed E-state index contributed by atoms with van der Waals surface area (Å²) in [6.45, 7) is 2.96. The zero-order valence-electron chi connectivity index (χ0n) is 11.4. The number of amides is 2. The fourth-order valence-electron chi connectivity index (χ4n) is 2.40. The number of benzene rings is 2. The largest absolute Gasteiger partial charge is 0.384 e. The second-order valence-electron chi connectivity index (χ2n) is 5.00. The number of carbonyl (C=O) groups excluding carboxylic acids is 1. The van der Waals surface area contributed by atoms with Gasteiger partial charge in [-0.1, -0.05) is 12.1 Å². The standard InChI is InChI=1S/C16H17N3O/c1-11-3-2-4-13(9-11)18-16(20)19-14-5-6-15-12(10-14)7-8-17-15/h2-6,9-10,17H,7-8H2,1H3,(H2,18,19,20). The van der Waals surface area contributed by atoms with E-state index in [1.165, 1.54) is 5.56 Å². The molecule has 1 aliphatic heterocycles. The lowest BCUT2D eigenvalue weighted by Gasteiger charge is -2.09. The Morgan fingerprint density at radius 3 is 2.70 bits per heavy atom. The molecule has 0 unspecified atom stereocenters. The van der Waals surface area contributed by atoms with Crippen LogP contribution in [0.15, 0.2) is 42.5 Å². The van der Waals surface area contributed by atoms with Gasteiger partial charge in [-0.3, -0.25) is 0 Å². The minimum Gasteiger partial charge on any atom is -0.384 e. The molecule has 102 valence electrons. The molecule has 0 saturated carbocycles. The molecule has 20 heavy (non-hydrogen) atoms. The van der Waals surface area contributed by atoms with Crippen LogP contribution in [0.25, 0.3) is 0 Å². The number of hydrogen-bond acceptors (Lipinski definition) is 2. The van der Waals surface area contributed by atoms with Gasteiger partial charge in [-0.15, -0.1) is 0 Å². The molecule has 3 rings (SSSR count). The smallest absolute Gasteiger partial charge is 0.323 e. The Kier molecular flexibility index (Phi) is 3.29. The van der Waals surface area contributed by atoms with E-state index in [9.17, 15) is 4.79 Å². The van der Waals surface area contributed by atoms with Gasteiger partial charge in [0.15, 0.2) is 0 Å². The molecule has 2 aromatic carbocycles. The molecule has 1 heterocycles. The average Bonchev–Trinajstić information content (AvgIpc) is 2.86. The summed E-state index contributed by atoms with van der Waals surface area (Å²) >= 11 is 0. The monoisotopic (exact) mass is 267 g/mol. The Hall–Kier alpha value is -2.49. The lowest BCUT2D eigenvalue weighted by molar-refractivity contribution is 0.262. The molecule has 0 bridgehead atoms. The first kappa shape index (κ1) is 12.5. The van der Waals surface area contributed by atoms with Crippen molar-refractivity contribution in [3.8, 4) is 0 Å². The van der Waals surface area contributed by atoms with Gasteiger partial charge < -0.3 is 16.0 Å². The van der Waals surface area contributed by atoms with Gasteiger partial charge >= 0.3 is 6.03 Å². The van der Waals surface area contributed by atoms with E-state index in [4.69, 9.17) is 0 Å². The Morgan fingerprint density at radius 1 is 1.10 bits per heavy atom. The van der Waals surface area contributed by atoms with Crippen molar-refractivity contribution < 1.29 is 4.79 Å². The summed E-state index contributed by atoms with van der Waals surface area (Å²) in [6, 6.07) is 13.4. The number of urea groups is 1. The number of hydrogen-bond donors (Lipinski definition) is 3. The van der Waals surface area contributed by atoms with Gasteiger partial charge in [0.05, 0.1) is 0 Å². The number of carbonyl (C=O) groups is 1. The van der Waals surface area contributed by atoms with E-state index in [-0.39, 0.29) is 6.03 Å². The van der Waals surface area contributed by atoms with Gasteiger partial charge in [0.2, 0.25) is 0 Å². The highest BCUT2D eigenvalue weighted by molar-refractivity contribution is 6.00. The maximum Gasteiger partial charge on any atom is 0.323 e. The van der Waals surface area contributed by atoms with E-state index in [0.29, 0.717) is 0 Å². The Bertz CT molecular complexity index is 652. The summed E-state index contributed by atoms with van der Waals surface area (Å²) < 4.78 is 0. The molecule has 4 heteroatoms. The van der Waals surface area contributed by atoms with E-state index < -0.39 is 0 Å². The fraction of sp³-hybridized carbons (Fsp3) is 0.188. The third-order valence-corrected chi connectivity index (χ3v) is 3.35. The highest BCUT2D eigenvalue weighted by Crippen LogP contribution is 2.25. The minimum atomic E-state index is -0.221. The molecule has 0 radical (unpaired) electrons. The van der Waals surface area contributed by atoms with Crippen LogP contribution in [0.4, 0.5) is 21.9 Å². The van der Waals surface area contributed by atoms with Gasteiger partial charge in [-0.2, -0.15) is 0 Å². The van der Waals surface area contributed by atoms with Crippen molar-refractivity contribution in [1.29, 1.82) is 0 Å². The maximum atomic E-state index is 12.0. The van der Waals surface area contributed by atoms with Crippen LogP contribution < -0.4 is 16.0 Å². The molecule has 0 saturated heterocycles. The summed E-state index contributed by atoms with van der Waals surface area (Å²) in [5.41, 5.74) is 5.14. The lowest BCUT2D eigenvalue weighted by atomic mass is 10.1. The minimum absolute atomic E-state index is 0.221. The van der Waals surface area contributed by atoms with Gasteiger partial charge in [0.1, 0.15) is 0 Å². The molecular weight excluding hydrogens is 250 g/mol. The summed E-state index contributed by atoms with van der Waals surface area (Å²) in [6.07, 6.45) is 1.00. The zero-order chi connectivity index (χ0) is 13.9. The van der Waals surface area contributed by atoms with Crippen molar-refractivity contribution in [1.82, 2.24) is 0 Å². The van der Waals surface area contributed by atoms with Crippen LogP contribution in [-0.4, -0.2) is 12.6 Å². The molecule has 1 aliphatic rings. The highest BCUT2D eigenvalue weighted by Gasteiger charge is 2.11. The van der Waals surface area contributed by atoms with E-state index in [1.807, 2.05) is 49.4 Å². The molecule has 0 atom stereocenters. The van der Waals surface area contributed by atoms with Crippen molar-refractivity contribution in [2.45, 2.75) is 13.3 Å². The topological polar surface area (TPSA) is 53.2 Å². The highest BCUT2D eigenvalue weighted by atomic mass is 16.2. The molecule has 2 aromatic rings. The maximum absolute atomic E-state index is 12.0. The van der Waals surface area contributed by atoms with Crippen LogP contribution in [0.2, 0.25) is 0 Å². The van der Waals surface area contributed by atoms with Crippen molar-refractivity contribution in [3.63, 3.8) is 0 Å². The fourth-order valence-corrected chi connectivity index (χ4v) is 2.40. The van der Waals surface area contributed by atoms with Gasteiger partial charge in [0.25, 0.3) is 0 Å². The summed E-state index contributed by atoms with van der Waals surface area (Å²) in [5.74, 6) is 0. The van der Waals surface area contributed by atoms with Crippen LogP contribution >= 0.6 is 0 Å². The van der Waals surface area contributed by atoms with Gasteiger partial charge in [-0.25, -0.2) is 4.79 Å². The van der Waals surface area contributed by atoms with Crippen molar-refractivity contribution >= 4 is 23.1 Å². The van der Waals surface area contributed by atoms with Crippen LogP contribution in [0, 0.1) is 6.92 Å². The molecule has 4 nitrogen and oxygen atoms in total. The number of rotatable bonds is 2. The van der Waals surface area contributed by atoms with Crippen LogP contribution in [-0.2, 0) is 6.42 Å². The quantitative estimate of drug-likeness (QED) is 0.778. The van der Waals surface area contributed by atoms with Gasteiger partial charge in [0, 0.05) is 23.6 Å². The molecule has 0 fully saturated rings. The summed E-state index contributed by atoms with van der Waals surface area (Å²) in [4.78, 5) is 12.0. The Balaban J connectivity index is 1.67. The third-order valence-electron chi connectivity index (χ3n) is 3.35. The SMILES string of the molecule is Cc1cccc(NC(=O)Nc2ccc3c(c2)CCN3)c1. The lowest BCUT2D eigenvalue weighted by Crippen LogP contribution is -2.19. The second-order valence-corrected chi connectivity index (χ2v) is 5.00. The number of aryl methyl sites for hydroxylation is 1. The van der Waals surface area contributed by atoms with Crippen LogP contribution in [0.5, 0.6) is 0 Å². The molecule has 3 N–H and O–H groups in total. The molecule has 0 aromatic heterocycles. The third kappa shape index (κ3) is 2.74. The zero-order valence-corrected chi connectivity index (χ0v) is 11.4. The number of anilines is 3.